The summed E-state index contributed by atoms with van der Waals surface area (Å²) in [7, 11) is 0. The molecule has 1 fully saturated rings. The molecular formula is C17H24N2. The number of aromatic amines is 1. The van der Waals surface area contributed by atoms with Crippen LogP contribution in [0.2, 0.25) is 0 Å². The molecule has 2 nitrogen and oxygen atoms in total. The Labute approximate surface area is 115 Å². The highest BCUT2D eigenvalue weighted by Crippen LogP contribution is 2.38. The van der Waals surface area contributed by atoms with E-state index in [2.05, 4.69) is 55.3 Å². The number of benzene rings is 1. The van der Waals surface area contributed by atoms with Crippen molar-refractivity contribution in [2.75, 3.05) is 13.1 Å². The Hall–Kier alpha value is -1.28. The van der Waals surface area contributed by atoms with E-state index >= 15 is 0 Å². The summed E-state index contributed by atoms with van der Waals surface area (Å²) in [6, 6.07) is 8.74. The monoisotopic (exact) mass is 256 g/mol. The number of para-hydroxylation sites is 1. The normalized spacial score (nSPS) is 20.9. The molecule has 0 amide bonds. The molecule has 0 saturated carbocycles. The second kappa shape index (κ2) is 4.68. The number of piperidine rings is 1. The summed E-state index contributed by atoms with van der Waals surface area (Å²) >= 11 is 0. The molecular weight excluding hydrogens is 232 g/mol. The first kappa shape index (κ1) is 12.7. The molecule has 3 rings (SSSR count). The third-order valence-electron chi connectivity index (χ3n) is 4.20. The average molecular weight is 256 g/mol. The maximum atomic E-state index is 3.67. The van der Waals surface area contributed by atoms with Crippen molar-refractivity contribution in [3.8, 4) is 0 Å². The van der Waals surface area contributed by atoms with Gasteiger partial charge in [0.15, 0.2) is 0 Å². The molecule has 0 radical (unpaired) electrons. The van der Waals surface area contributed by atoms with Gasteiger partial charge in [-0.25, -0.2) is 0 Å². The van der Waals surface area contributed by atoms with E-state index in [1.807, 2.05) is 0 Å². The van der Waals surface area contributed by atoms with Crippen LogP contribution in [0.15, 0.2) is 24.3 Å². The highest BCUT2D eigenvalue weighted by atomic mass is 14.9. The third kappa shape index (κ3) is 2.30. The third-order valence-corrected chi connectivity index (χ3v) is 4.20. The lowest BCUT2D eigenvalue weighted by Gasteiger charge is -2.27. The molecule has 1 atom stereocenters. The summed E-state index contributed by atoms with van der Waals surface area (Å²) in [6.07, 6.45) is 2.59. The molecule has 102 valence electrons. The van der Waals surface area contributed by atoms with E-state index in [-0.39, 0.29) is 5.41 Å². The van der Waals surface area contributed by atoms with Crippen molar-refractivity contribution in [2.24, 2.45) is 0 Å². The van der Waals surface area contributed by atoms with Crippen LogP contribution in [-0.4, -0.2) is 18.1 Å². The first-order valence-electron chi connectivity index (χ1n) is 7.39. The van der Waals surface area contributed by atoms with E-state index in [0.717, 1.165) is 6.54 Å². The van der Waals surface area contributed by atoms with E-state index in [0.29, 0.717) is 5.92 Å². The zero-order valence-electron chi connectivity index (χ0n) is 12.2. The highest BCUT2D eigenvalue weighted by Gasteiger charge is 2.28. The number of rotatable bonds is 1. The van der Waals surface area contributed by atoms with Crippen LogP contribution in [-0.2, 0) is 5.41 Å². The molecule has 2 aromatic rings. The molecule has 0 unspecified atom stereocenters. The molecule has 1 aliphatic heterocycles. The maximum absolute atomic E-state index is 3.67. The molecule has 0 spiro atoms. The average Bonchev–Trinajstić information content (AvgIpc) is 2.79. The topological polar surface area (TPSA) is 27.8 Å². The van der Waals surface area contributed by atoms with Gasteiger partial charge >= 0.3 is 0 Å². The SMILES string of the molecule is CC(C)(C)c1[nH]c2ccccc2c1[C@H]1CCCNC1. The predicted molar refractivity (Wildman–Crippen MR) is 81.8 cm³/mol. The fourth-order valence-electron chi connectivity index (χ4n) is 3.28. The Morgan fingerprint density at radius 2 is 1.95 bits per heavy atom. The molecule has 1 aromatic carbocycles. The summed E-state index contributed by atoms with van der Waals surface area (Å²) in [5.41, 5.74) is 4.43. The smallest absolute Gasteiger partial charge is 0.0459 e. The lowest BCUT2D eigenvalue weighted by atomic mass is 9.82. The largest absolute Gasteiger partial charge is 0.358 e. The molecule has 0 aliphatic carbocycles. The van der Waals surface area contributed by atoms with Gasteiger partial charge in [0.1, 0.15) is 0 Å². The molecule has 2 heteroatoms. The van der Waals surface area contributed by atoms with E-state index in [4.69, 9.17) is 0 Å². The van der Waals surface area contributed by atoms with Crippen molar-refractivity contribution in [3.63, 3.8) is 0 Å². The van der Waals surface area contributed by atoms with Crippen molar-refractivity contribution in [1.29, 1.82) is 0 Å². The van der Waals surface area contributed by atoms with Crippen LogP contribution in [0, 0.1) is 0 Å². The number of nitrogens with one attached hydrogen (secondary N) is 2. The van der Waals surface area contributed by atoms with Crippen molar-refractivity contribution < 1.29 is 0 Å². The molecule has 0 bridgehead atoms. The fraction of sp³-hybridized carbons (Fsp3) is 0.529. The molecule has 1 aromatic heterocycles. The van der Waals surface area contributed by atoms with E-state index in [9.17, 15) is 0 Å². The predicted octanol–water partition coefficient (Wildman–Crippen LogP) is 3.93. The molecule has 19 heavy (non-hydrogen) atoms. The second-order valence-corrected chi connectivity index (χ2v) is 6.75. The first-order valence-corrected chi connectivity index (χ1v) is 7.39. The van der Waals surface area contributed by atoms with E-state index in [1.165, 1.54) is 36.0 Å². The van der Waals surface area contributed by atoms with Gasteiger partial charge in [-0.15, -0.1) is 0 Å². The number of aromatic nitrogens is 1. The van der Waals surface area contributed by atoms with E-state index in [1.54, 1.807) is 5.56 Å². The van der Waals surface area contributed by atoms with Crippen LogP contribution in [0.25, 0.3) is 10.9 Å². The standard InChI is InChI=1S/C17H24N2/c1-17(2,3)16-15(12-7-6-10-18-11-12)13-8-4-5-9-14(13)19-16/h4-5,8-9,12,18-19H,6-7,10-11H2,1-3H3/t12-/m0/s1. The lowest BCUT2D eigenvalue weighted by molar-refractivity contribution is 0.452. The Morgan fingerprint density at radius 3 is 2.63 bits per heavy atom. The van der Waals surface area contributed by atoms with Crippen LogP contribution in [0.5, 0.6) is 0 Å². The van der Waals surface area contributed by atoms with Crippen LogP contribution in [0.3, 0.4) is 0 Å². The van der Waals surface area contributed by atoms with Crippen LogP contribution < -0.4 is 5.32 Å². The first-order chi connectivity index (χ1) is 9.07. The maximum Gasteiger partial charge on any atom is 0.0459 e. The Bertz CT molecular complexity index is 568. The molecule has 1 saturated heterocycles. The minimum atomic E-state index is 0.172. The Morgan fingerprint density at radius 1 is 1.16 bits per heavy atom. The molecule has 2 heterocycles. The zero-order chi connectivity index (χ0) is 13.5. The summed E-state index contributed by atoms with van der Waals surface area (Å²) < 4.78 is 0. The number of H-pyrrole nitrogens is 1. The molecule has 1 aliphatic rings. The van der Waals surface area contributed by atoms with Crippen molar-refractivity contribution in [2.45, 2.75) is 44.9 Å². The lowest BCUT2D eigenvalue weighted by Crippen LogP contribution is -2.29. The molecule has 2 N–H and O–H groups in total. The van der Waals surface area contributed by atoms with Gasteiger partial charge in [0.25, 0.3) is 0 Å². The van der Waals surface area contributed by atoms with Crippen LogP contribution >= 0.6 is 0 Å². The van der Waals surface area contributed by atoms with Gasteiger partial charge in [-0.05, 0) is 36.9 Å². The van der Waals surface area contributed by atoms with Crippen molar-refractivity contribution >= 4 is 10.9 Å². The van der Waals surface area contributed by atoms with Gasteiger partial charge in [-0.3, -0.25) is 0 Å². The van der Waals surface area contributed by atoms with Gasteiger partial charge in [0.2, 0.25) is 0 Å². The van der Waals surface area contributed by atoms with Crippen molar-refractivity contribution in [1.82, 2.24) is 10.3 Å². The minimum Gasteiger partial charge on any atom is -0.358 e. The zero-order valence-corrected chi connectivity index (χ0v) is 12.2. The second-order valence-electron chi connectivity index (χ2n) is 6.75. The summed E-state index contributed by atoms with van der Waals surface area (Å²) in [5, 5.41) is 4.97. The quantitative estimate of drug-likeness (QED) is 0.795. The number of hydrogen-bond acceptors (Lipinski definition) is 1. The highest BCUT2D eigenvalue weighted by molar-refractivity contribution is 5.85. The van der Waals surface area contributed by atoms with Gasteiger partial charge in [0, 0.05) is 28.6 Å². The van der Waals surface area contributed by atoms with E-state index < -0.39 is 0 Å². The minimum absolute atomic E-state index is 0.172. The summed E-state index contributed by atoms with van der Waals surface area (Å²) in [6.45, 7) is 9.20. The summed E-state index contributed by atoms with van der Waals surface area (Å²) in [5.74, 6) is 0.652. The number of fused-ring (bicyclic) bond motifs is 1. The van der Waals surface area contributed by atoms with Gasteiger partial charge in [-0.2, -0.15) is 0 Å². The van der Waals surface area contributed by atoms with Gasteiger partial charge in [-0.1, -0.05) is 39.0 Å². The summed E-state index contributed by atoms with van der Waals surface area (Å²) in [4.78, 5) is 3.67. The fourth-order valence-corrected chi connectivity index (χ4v) is 3.28. The van der Waals surface area contributed by atoms with Gasteiger partial charge in [0.05, 0.1) is 0 Å². The number of hydrogen-bond donors (Lipinski definition) is 2. The van der Waals surface area contributed by atoms with Crippen LogP contribution in [0.1, 0.15) is 50.8 Å². The van der Waals surface area contributed by atoms with Crippen molar-refractivity contribution in [3.05, 3.63) is 35.5 Å². The Balaban J connectivity index is 2.18. The Kier molecular flexibility index (Phi) is 3.14. The van der Waals surface area contributed by atoms with Gasteiger partial charge < -0.3 is 10.3 Å². The van der Waals surface area contributed by atoms with Crippen LogP contribution in [0.4, 0.5) is 0 Å².